The minimum Gasteiger partial charge on any atom is -0.444 e. The molecule has 134 valence electrons. The van der Waals surface area contributed by atoms with Crippen LogP contribution in [0, 0.1) is 0 Å². The summed E-state index contributed by atoms with van der Waals surface area (Å²) in [5.74, 6) is 0. The second-order valence-electron chi connectivity index (χ2n) is 7.32. The van der Waals surface area contributed by atoms with E-state index in [9.17, 15) is 4.79 Å². The standard InChI is InChI=1S/C18H26N2O3.ClH/c1-18(2,3)23-17(21)20-12-15-16(13-20)22-10-9-19(15)11-14-7-5-4-6-8-14;/h4-8,15-16H,9-13H2,1-3H3;1H/t15-,16+;/m1./s1. The molecule has 2 fully saturated rings. The number of rotatable bonds is 2. The maximum Gasteiger partial charge on any atom is 0.410 e. The van der Waals surface area contributed by atoms with E-state index in [1.54, 1.807) is 4.90 Å². The number of morpholine rings is 1. The van der Waals surface area contributed by atoms with Crippen LogP contribution in [-0.2, 0) is 16.0 Å². The maximum atomic E-state index is 12.3. The molecule has 0 bridgehead atoms. The van der Waals surface area contributed by atoms with E-state index in [2.05, 4.69) is 29.2 Å². The van der Waals surface area contributed by atoms with Crippen molar-refractivity contribution in [2.75, 3.05) is 26.2 Å². The predicted octanol–water partition coefficient (Wildman–Crippen LogP) is 2.93. The molecule has 5 nitrogen and oxygen atoms in total. The first-order valence-corrected chi connectivity index (χ1v) is 8.30. The van der Waals surface area contributed by atoms with Crippen LogP contribution < -0.4 is 0 Å². The summed E-state index contributed by atoms with van der Waals surface area (Å²) in [6, 6.07) is 10.7. The molecule has 24 heavy (non-hydrogen) atoms. The number of fused-ring (bicyclic) bond motifs is 1. The fraction of sp³-hybridized carbons (Fsp3) is 0.611. The molecule has 3 rings (SSSR count). The summed E-state index contributed by atoms with van der Waals surface area (Å²) in [4.78, 5) is 16.5. The fourth-order valence-electron chi connectivity index (χ4n) is 3.25. The lowest BCUT2D eigenvalue weighted by molar-refractivity contribution is -0.0505. The highest BCUT2D eigenvalue weighted by Gasteiger charge is 2.42. The average Bonchev–Trinajstić information content (AvgIpc) is 2.92. The number of benzene rings is 1. The summed E-state index contributed by atoms with van der Waals surface area (Å²) in [5.41, 5.74) is 0.832. The molecule has 1 aromatic rings. The highest BCUT2D eigenvalue weighted by Crippen LogP contribution is 2.25. The van der Waals surface area contributed by atoms with Crippen LogP contribution in [0.3, 0.4) is 0 Å². The second kappa shape index (κ2) is 7.72. The average molecular weight is 355 g/mol. The minimum absolute atomic E-state index is 0. The summed E-state index contributed by atoms with van der Waals surface area (Å²) in [7, 11) is 0. The van der Waals surface area contributed by atoms with Gasteiger partial charge in [0, 0.05) is 19.6 Å². The third-order valence-electron chi connectivity index (χ3n) is 4.30. The van der Waals surface area contributed by atoms with Crippen molar-refractivity contribution in [1.29, 1.82) is 0 Å². The summed E-state index contributed by atoms with van der Waals surface area (Å²) in [6.45, 7) is 9.49. The molecule has 2 saturated heterocycles. The normalized spacial score (nSPS) is 24.2. The van der Waals surface area contributed by atoms with Gasteiger partial charge in [0.2, 0.25) is 0 Å². The van der Waals surface area contributed by atoms with Gasteiger partial charge >= 0.3 is 6.09 Å². The molecule has 2 aliphatic rings. The molecule has 0 saturated carbocycles. The first-order valence-electron chi connectivity index (χ1n) is 8.30. The third-order valence-corrected chi connectivity index (χ3v) is 4.30. The Morgan fingerprint density at radius 3 is 2.62 bits per heavy atom. The monoisotopic (exact) mass is 354 g/mol. The Labute approximate surface area is 150 Å². The molecule has 0 radical (unpaired) electrons. The highest BCUT2D eigenvalue weighted by molar-refractivity contribution is 5.85. The molecule has 2 aliphatic heterocycles. The van der Waals surface area contributed by atoms with Gasteiger partial charge in [0.15, 0.2) is 0 Å². The van der Waals surface area contributed by atoms with Gasteiger partial charge in [0.25, 0.3) is 0 Å². The number of carbonyl (C=O) groups excluding carboxylic acids is 1. The smallest absolute Gasteiger partial charge is 0.410 e. The largest absolute Gasteiger partial charge is 0.444 e. The number of ether oxygens (including phenoxy) is 2. The molecule has 0 unspecified atom stereocenters. The van der Waals surface area contributed by atoms with E-state index in [-0.39, 0.29) is 30.6 Å². The highest BCUT2D eigenvalue weighted by atomic mass is 35.5. The Morgan fingerprint density at radius 2 is 1.96 bits per heavy atom. The van der Waals surface area contributed by atoms with Gasteiger partial charge in [0.05, 0.1) is 25.3 Å². The molecular weight excluding hydrogens is 328 g/mol. The van der Waals surface area contributed by atoms with Crippen LogP contribution in [0.25, 0.3) is 0 Å². The Morgan fingerprint density at radius 1 is 1.25 bits per heavy atom. The zero-order chi connectivity index (χ0) is 16.4. The molecule has 2 atom stereocenters. The molecule has 1 amide bonds. The molecular formula is C18H27ClN2O3. The van der Waals surface area contributed by atoms with E-state index in [1.165, 1.54) is 5.56 Å². The summed E-state index contributed by atoms with van der Waals surface area (Å²) >= 11 is 0. The Hall–Kier alpha value is -1.30. The van der Waals surface area contributed by atoms with Crippen LogP contribution in [0.4, 0.5) is 4.79 Å². The van der Waals surface area contributed by atoms with Crippen LogP contribution in [0.2, 0.25) is 0 Å². The zero-order valence-corrected chi connectivity index (χ0v) is 15.4. The molecule has 6 heteroatoms. The molecule has 0 N–H and O–H groups in total. The Kier molecular flexibility index (Phi) is 6.12. The van der Waals surface area contributed by atoms with Gasteiger partial charge < -0.3 is 14.4 Å². The number of hydrogen-bond acceptors (Lipinski definition) is 4. The Balaban J connectivity index is 0.00000208. The summed E-state index contributed by atoms with van der Waals surface area (Å²) in [5, 5.41) is 0. The van der Waals surface area contributed by atoms with E-state index in [1.807, 2.05) is 26.8 Å². The lowest BCUT2D eigenvalue weighted by atomic mass is 10.1. The van der Waals surface area contributed by atoms with Gasteiger partial charge in [-0.15, -0.1) is 12.4 Å². The molecule has 0 aromatic heterocycles. The third kappa shape index (κ3) is 4.62. The first kappa shape index (κ1) is 19.0. The molecule has 1 aromatic carbocycles. The summed E-state index contributed by atoms with van der Waals surface area (Å²) < 4.78 is 11.4. The topological polar surface area (TPSA) is 42.0 Å². The quantitative estimate of drug-likeness (QED) is 0.819. The number of halogens is 1. The molecule has 0 aliphatic carbocycles. The van der Waals surface area contributed by atoms with E-state index < -0.39 is 5.60 Å². The van der Waals surface area contributed by atoms with Crippen LogP contribution in [-0.4, -0.2) is 59.9 Å². The molecule has 0 spiro atoms. The van der Waals surface area contributed by atoms with Gasteiger partial charge in [-0.2, -0.15) is 0 Å². The van der Waals surface area contributed by atoms with Crippen LogP contribution in [0.15, 0.2) is 30.3 Å². The summed E-state index contributed by atoms with van der Waals surface area (Å²) in [6.07, 6.45) is -0.157. The number of hydrogen-bond donors (Lipinski definition) is 0. The SMILES string of the molecule is CC(C)(C)OC(=O)N1C[C@@H]2OCCN(Cc3ccccc3)[C@@H]2C1.Cl. The van der Waals surface area contributed by atoms with Crippen molar-refractivity contribution in [3.63, 3.8) is 0 Å². The van der Waals surface area contributed by atoms with E-state index in [4.69, 9.17) is 9.47 Å². The van der Waals surface area contributed by atoms with Gasteiger partial charge in [0.1, 0.15) is 5.60 Å². The molecule has 2 heterocycles. The van der Waals surface area contributed by atoms with Crippen molar-refractivity contribution in [2.24, 2.45) is 0 Å². The fourth-order valence-corrected chi connectivity index (χ4v) is 3.25. The van der Waals surface area contributed by atoms with Gasteiger partial charge in [-0.3, -0.25) is 4.90 Å². The van der Waals surface area contributed by atoms with E-state index in [0.29, 0.717) is 13.1 Å². The second-order valence-corrected chi connectivity index (χ2v) is 7.32. The van der Waals surface area contributed by atoms with Crippen molar-refractivity contribution >= 4 is 18.5 Å². The lowest BCUT2D eigenvalue weighted by Crippen LogP contribution is -2.50. The van der Waals surface area contributed by atoms with Crippen molar-refractivity contribution in [2.45, 2.75) is 45.1 Å². The van der Waals surface area contributed by atoms with Crippen LogP contribution in [0.5, 0.6) is 0 Å². The number of nitrogens with zero attached hydrogens (tertiary/aromatic N) is 2. The Bertz CT molecular complexity index is 547. The number of carbonyl (C=O) groups is 1. The zero-order valence-electron chi connectivity index (χ0n) is 14.6. The number of amides is 1. The van der Waals surface area contributed by atoms with Crippen LogP contribution >= 0.6 is 12.4 Å². The minimum atomic E-state index is -0.463. The van der Waals surface area contributed by atoms with E-state index >= 15 is 0 Å². The van der Waals surface area contributed by atoms with Gasteiger partial charge in [-0.25, -0.2) is 4.79 Å². The van der Waals surface area contributed by atoms with Gasteiger partial charge in [-0.05, 0) is 26.3 Å². The van der Waals surface area contributed by atoms with Gasteiger partial charge in [-0.1, -0.05) is 30.3 Å². The number of likely N-dealkylation sites (tertiary alicyclic amines) is 1. The van der Waals surface area contributed by atoms with Crippen molar-refractivity contribution in [3.05, 3.63) is 35.9 Å². The van der Waals surface area contributed by atoms with Crippen molar-refractivity contribution in [3.8, 4) is 0 Å². The predicted molar refractivity (Wildman–Crippen MR) is 95.4 cm³/mol. The van der Waals surface area contributed by atoms with E-state index in [0.717, 1.165) is 19.7 Å². The maximum absolute atomic E-state index is 12.3. The first-order chi connectivity index (χ1) is 10.9. The van der Waals surface area contributed by atoms with Crippen LogP contribution in [0.1, 0.15) is 26.3 Å². The van der Waals surface area contributed by atoms with Crippen molar-refractivity contribution in [1.82, 2.24) is 9.80 Å². The van der Waals surface area contributed by atoms with Crippen molar-refractivity contribution < 1.29 is 14.3 Å². The lowest BCUT2D eigenvalue weighted by Gasteiger charge is -2.36.